The minimum Gasteiger partial charge on any atom is -0.585 e. The summed E-state index contributed by atoms with van der Waals surface area (Å²) in [5, 5.41) is 7.87. The monoisotopic (exact) mass is 148 g/mol. The average Bonchev–Trinajstić information content (AvgIpc) is 1.64. The van der Waals surface area contributed by atoms with Gasteiger partial charge in [-0.3, -0.25) is 0 Å². The van der Waals surface area contributed by atoms with Crippen molar-refractivity contribution >= 4 is 19.5 Å². The van der Waals surface area contributed by atoms with Crippen molar-refractivity contribution in [2.24, 2.45) is 0 Å². The van der Waals surface area contributed by atoms with Crippen molar-refractivity contribution in [2.45, 2.75) is 0 Å². The van der Waals surface area contributed by atoms with Crippen molar-refractivity contribution in [3.8, 4) is 0 Å². The highest BCUT2D eigenvalue weighted by Crippen LogP contribution is 2.06. The molecule has 0 aromatic carbocycles. The zero-order chi connectivity index (χ0) is 7.44. The molecular formula is C2HN2O4P. The standard InChI is InChI=1S/C2HN2O4P/c3-4-1(2(5)6)9(7)8/h(H,5,6). The number of hydrogen-bond acceptors (Lipinski definition) is 3. The Morgan fingerprint density at radius 2 is 2.22 bits per heavy atom. The first-order valence-corrected chi connectivity index (χ1v) is 2.87. The number of carboxylic acid groups (broad SMARTS) is 1. The molecule has 0 amide bonds. The van der Waals surface area contributed by atoms with Gasteiger partial charge in [0.2, 0.25) is 0 Å². The lowest BCUT2D eigenvalue weighted by Crippen LogP contribution is -2.13. The molecule has 6 nitrogen and oxygen atoms in total. The lowest BCUT2D eigenvalue weighted by Gasteiger charge is -1.73. The largest absolute Gasteiger partial charge is 0.596 e. The van der Waals surface area contributed by atoms with E-state index in [1.54, 1.807) is 0 Å². The van der Waals surface area contributed by atoms with Gasteiger partial charge < -0.3 is 15.5 Å². The number of hydrogen-bond donors (Lipinski definition) is 1. The Morgan fingerprint density at radius 3 is 2.22 bits per heavy atom. The second kappa shape index (κ2) is 3.04. The van der Waals surface area contributed by atoms with Crippen LogP contribution in [-0.4, -0.2) is 21.3 Å². The Morgan fingerprint density at radius 1 is 1.78 bits per heavy atom. The van der Waals surface area contributed by atoms with E-state index in [-0.39, 0.29) is 0 Å². The van der Waals surface area contributed by atoms with E-state index in [0.29, 0.717) is 0 Å². The molecule has 0 aliphatic carbocycles. The predicted octanol–water partition coefficient (Wildman–Crippen LogP) is -1.20. The van der Waals surface area contributed by atoms with Crippen LogP contribution in [0.5, 0.6) is 0 Å². The summed E-state index contributed by atoms with van der Waals surface area (Å²) in [6.45, 7) is 0. The lowest BCUT2D eigenvalue weighted by molar-refractivity contribution is -0.163. The van der Waals surface area contributed by atoms with Gasteiger partial charge in [-0.25, -0.2) is 4.79 Å². The first-order valence-electron chi connectivity index (χ1n) is 1.69. The first-order chi connectivity index (χ1) is 4.09. The Labute approximate surface area is 50.2 Å². The van der Waals surface area contributed by atoms with Gasteiger partial charge in [-0.15, -0.1) is 4.79 Å². The molecule has 0 radical (unpaired) electrons. The molecule has 1 unspecified atom stereocenters. The zero-order valence-corrected chi connectivity index (χ0v) is 4.91. The topological polar surface area (TPSA) is 114 Å². The average molecular weight is 148 g/mol. The van der Waals surface area contributed by atoms with E-state index in [2.05, 4.69) is 0 Å². The summed E-state index contributed by atoms with van der Waals surface area (Å²) in [5.41, 5.74) is 6.43. The summed E-state index contributed by atoms with van der Waals surface area (Å²) < 4.78 is 9.74. The number of aliphatic carboxylic acids is 1. The fourth-order valence-electron chi connectivity index (χ4n) is 0.157. The van der Waals surface area contributed by atoms with Gasteiger partial charge in [0.15, 0.2) is 0 Å². The minimum atomic E-state index is -3.30. The molecule has 0 aromatic rings. The zero-order valence-electron chi connectivity index (χ0n) is 4.01. The Balaban J connectivity index is 4.59. The molecule has 0 saturated carbocycles. The van der Waals surface area contributed by atoms with Crippen LogP contribution in [0, 0.1) is 0 Å². The van der Waals surface area contributed by atoms with Crippen LogP contribution >= 0.6 is 8.03 Å². The fraction of sp³-hybridized carbons (Fsp3) is 0. The van der Waals surface area contributed by atoms with E-state index >= 15 is 0 Å². The molecule has 9 heavy (non-hydrogen) atoms. The molecular weight excluding hydrogens is 147 g/mol. The molecule has 1 N–H and O–H groups in total. The molecule has 0 spiro atoms. The van der Waals surface area contributed by atoms with Gasteiger partial charge in [-0.2, -0.15) is 0 Å². The van der Waals surface area contributed by atoms with E-state index in [9.17, 15) is 14.3 Å². The van der Waals surface area contributed by atoms with Gasteiger partial charge in [0.25, 0.3) is 0 Å². The van der Waals surface area contributed by atoms with E-state index in [1.165, 1.54) is 0 Å². The fourth-order valence-corrected chi connectivity index (χ4v) is 0.387. The highest BCUT2D eigenvalue weighted by atomic mass is 31.1. The van der Waals surface area contributed by atoms with Crippen LogP contribution < -0.4 is 4.89 Å². The van der Waals surface area contributed by atoms with Crippen LogP contribution in [0.1, 0.15) is 0 Å². The van der Waals surface area contributed by atoms with Crippen molar-refractivity contribution in [2.75, 3.05) is 0 Å². The number of nitrogens with zero attached hydrogens (tertiary/aromatic N) is 2. The molecule has 0 heterocycles. The van der Waals surface area contributed by atoms with Gasteiger partial charge in [0, 0.05) is 0 Å². The van der Waals surface area contributed by atoms with Crippen LogP contribution in [0.25, 0.3) is 5.53 Å². The quantitative estimate of drug-likeness (QED) is 0.229. The van der Waals surface area contributed by atoms with Crippen LogP contribution in [-0.2, 0) is 9.36 Å². The highest BCUT2D eigenvalue weighted by molar-refractivity contribution is 7.60. The summed E-state index contributed by atoms with van der Waals surface area (Å²) in [6, 6.07) is 0. The third kappa shape index (κ3) is 2.10. The summed E-state index contributed by atoms with van der Waals surface area (Å²) in [7, 11) is -3.30. The molecule has 7 heteroatoms. The summed E-state index contributed by atoms with van der Waals surface area (Å²) in [4.78, 5) is 21.4. The third-order valence-corrected chi connectivity index (χ3v) is 1.09. The van der Waals surface area contributed by atoms with Gasteiger partial charge in [0.05, 0.1) is 0 Å². The predicted molar refractivity (Wildman–Crippen MR) is 23.9 cm³/mol. The van der Waals surface area contributed by atoms with E-state index in [4.69, 9.17) is 10.6 Å². The van der Waals surface area contributed by atoms with Crippen LogP contribution in [0.3, 0.4) is 0 Å². The smallest absolute Gasteiger partial charge is 0.585 e. The van der Waals surface area contributed by atoms with E-state index < -0.39 is 19.5 Å². The Kier molecular flexibility index (Phi) is 2.67. The molecule has 0 bridgehead atoms. The number of carbonyl (C=O) groups is 1. The molecule has 0 aliphatic heterocycles. The van der Waals surface area contributed by atoms with Gasteiger partial charge in [-0.1, -0.05) is 4.57 Å². The third-order valence-electron chi connectivity index (χ3n) is 0.459. The summed E-state index contributed by atoms with van der Waals surface area (Å²) >= 11 is 0. The maximum Gasteiger partial charge on any atom is 0.596 e. The van der Waals surface area contributed by atoms with Gasteiger partial charge >= 0.3 is 19.5 Å². The summed E-state index contributed by atoms with van der Waals surface area (Å²) in [5.74, 6) is -1.77. The van der Waals surface area contributed by atoms with Crippen LogP contribution in [0.2, 0.25) is 0 Å². The second-order valence-electron chi connectivity index (χ2n) is 0.986. The van der Waals surface area contributed by atoms with Crippen LogP contribution in [0.15, 0.2) is 0 Å². The summed E-state index contributed by atoms with van der Waals surface area (Å²) in [6.07, 6.45) is 0. The molecule has 0 saturated heterocycles. The molecule has 0 fully saturated rings. The maximum atomic E-state index is 9.74. The van der Waals surface area contributed by atoms with E-state index in [0.717, 1.165) is 0 Å². The van der Waals surface area contributed by atoms with Crippen molar-refractivity contribution < 1.29 is 24.1 Å². The first kappa shape index (κ1) is 7.91. The Hall–Kier alpha value is -1.09. The minimum absolute atomic E-state index is 1.26. The van der Waals surface area contributed by atoms with Crippen LogP contribution in [0.4, 0.5) is 0 Å². The highest BCUT2D eigenvalue weighted by Gasteiger charge is 2.33. The van der Waals surface area contributed by atoms with E-state index in [1.807, 2.05) is 4.79 Å². The van der Waals surface area contributed by atoms with Crippen molar-refractivity contribution in [3.05, 3.63) is 5.53 Å². The molecule has 48 valence electrons. The number of rotatable bonds is 2. The van der Waals surface area contributed by atoms with Crippen molar-refractivity contribution in [3.63, 3.8) is 0 Å². The Bertz CT molecular complexity index is 189. The van der Waals surface area contributed by atoms with Crippen molar-refractivity contribution in [1.82, 2.24) is 0 Å². The van der Waals surface area contributed by atoms with Gasteiger partial charge in [0.1, 0.15) is 0 Å². The second-order valence-corrected chi connectivity index (χ2v) is 1.92. The van der Waals surface area contributed by atoms with Crippen molar-refractivity contribution in [1.29, 1.82) is 0 Å². The normalized spacial score (nSPS) is 9.67. The number of carboxylic acids is 1. The molecule has 1 atom stereocenters. The lowest BCUT2D eigenvalue weighted by atomic mass is 10.8. The van der Waals surface area contributed by atoms with Gasteiger partial charge in [-0.05, 0) is 0 Å². The molecule has 0 rings (SSSR count). The molecule has 0 aromatic heterocycles. The SMILES string of the molecule is [N-]=[N+]=C(C(=O)O)[P+](=O)[O-]. The molecule has 0 aliphatic rings. The maximum absolute atomic E-state index is 9.74.